The van der Waals surface area contributed by atoms with E-state index in [1.807, 2.05) is 18.2 Å². The number of nitrogens with zero attached hydrogens (tertiary/aromatic N) is 1. The van der Waals surface area contributed by atoms with Gasteiger partial charge in [0.2, 0.25) is 0 Å². The van der Waals surface area contributed by atoms with E-state index in [1.165, 1.54) is 0 Å². The van der Waals surface area contributed by atoms with Crippen molar-refractivity contribution in [3.05, 3.63) is 40.4 Å². The molecule has 1 aromatic heterocycles. The molecule has 0 bridgehead atoms. The summed E-state index contributed by atoms with van der Waals surface area (Å²) < 4.78 is 0. The zero-order valence-corrected chi connectivity index (χ0v) is 11.6. The number of benzene rings is 1. The second-order valence-corrected chi connectivity index (χ2v) is 5.92. The van der Waals surface area contributed by atoms with Gasteiger partial charge in [0.25, 0.3) is 5.56 Å². The molecule has 0 radical (unpaired) electrons. The van der Waals surface area contributed by atoms with Crippen LogP contribution in [0.2, 0.25) is 0 Å². The van der Waals surface area contributed by atoms with E-state index in [9.17, 15) is 9.90 Å². The van der Waals surface area contributed by atoms with E-state index in [-0.39, 0.29) is 17.1 Å². The van der Waals surface area contributed by atoms with Crippen LogP contribution in [-0.2, 0) is 6.42 Å². The molecule has 19 heavy (non-hydrogen) atoms. The maximum absolute atomic E-state index is 12.0. The molecule has 0 saturated heterocycles. The van der Waals surface area contributed by atoms with Crippen molar-refractivity contribution in [3.63, 3.8) is 0 Å². The van der Waals surface area contributed by atoms with E-state index in [4.69, 9.17) is 0 Å². The van der Waals surface area contributed by atoms with Gasteiger partial charge in [-0.05, 0) is 30.9 Å². The van der Waals surface area contributed by atoms with Crippen LogP contribution in [0.1, 0.15) is 33.0 Å². The Morgan fingerprint density at radius 1 is 1.37 bits per heavy atom. The predicted octanol–water partition coefficient (Wildman–Crippen LogP) is 2.26. The van der Waals surface area contributed by atoms with Gasteiger partial charge in [0.15, 0.2) is 0 Å². The van der Waals surface area contributed by atoms with Crippen LogP contribution < -0.4 is 5.56 Å². The van der Waals surface area contributed by atoms with Gasteiger partial charge in [-0.1, -0.05) is 26.0 Å². The number of rotatable bonds is 4. The maximum atomic E-state index is 12.0. The summed E-state index contributed by atoms with van der Waals surface area (Å²) >= 11 is 0. The minimum Gasteiger partial charge on any atom is -0.393 e. The Balaban J connectivity index is 2.34. The summed E-state index contributed by atoms with van der Waals surface area (Å²) in [6, 6.07) is 7.32. The van der Waals surface area contributed by atoms with Crippen LogP contribution >= 0.6 is 0 Å². The van der Waals surface area contributed by atoms with Crippen LogP contribution in [0.5, 0.6) is 0 Å². The van der Waals surface area contributed by atoms with Crippen molar-refractivity contribution in [3.8, 4) is 0 Å². The Bertz CT molecular complexity index is 629. The van der Waals surface area contributed by atoms with Gasteiger partial charge in [0.05, 0.1) is 17.0 Å². The summed E-state index contributed by atoms with van der Waals surface area (Å²) in [5.74, 6) is 0.675. The van der Waals surface area contributed by atoms with Crippen molar-refractivity contribution in [2.75, 3.05) is 0 Å². The first-order valence-electron chi connectivity index (χ1n) is 6.53. The third-order valence-electron chi connectivity index (χ3n) is 3.16. The third-order valence-corrected chi connectivity index (χ3v) is 3.16. The SMILES string of the molecule is CC(O)CC(C)(C)Cc1nc2ccccc2c(=O)[nH]1. The minimum absolute atomic E-state index is 0.103. The van der Waals surface area contributed by atoms with Gasteiger partial charge in [0, 0.05) is 6.42 Å². The van der Waals surface area contributed by atoms with Gasteiger partial charge in [-0.3, -0.25) is 4.79 Å². The second kappa shape index (κ2) is 5.13. The molecule has 2 N–H and O–H groups in total. The van der Waals surface area contributed by atoms with Gasteiger partial charge >= 0.3 is 0 Å². The molecule has 1 heterocycles. The largest absolute Gasteiger partial charge is 0.393 e. The topological polar surface area (TPSA) is 66.0 Å². The van der Waals surface area contributed by atoms with Crippen LogP contribution in [-0.4, -0.2) is 21.2 Å². The summed E-state index contributed by atoms with van der Waals surface area (Å²) in [6.45, 7) is 5.90. The van der Waals surface area contributed by atoms with Crippen molar-refractivity contribution in [2.45, 2.75) is 39.7 Å². The Hall–Kier alpha value is -1.68. The fourth-order valence-electron chi connectivity index (χ4n) is 2.54. The lowest BCUT2D eigenvalue weighted by atomic mass is 9.83. The van der Waals surface area contributed by atoms with E-state index >= 15 is 0 Å². The van der Waals surface area contributed by atoms with E-state index in [2.05, 4.69) is 23.8 Å². The normalized spacial score (nSPS) is 13.7. The molecule has 2 aromatic rings. The highest BCUT2D eigenvalue weighted by Gasteiger charge is 2.22. The zero-order chi connectivity index (χ0) is 14.0. The van der Waals surface area contributed by atoms with E-state index in [0.29, 0.717) is 29.6 Å². The van der Waals surface area contributed by atoms with Crippen molar-refractivity contribution < 1.29 is 5.11 Å². The number of nitrogens with one attached hydrogen (secondary N) is 1. The quantitative estimate of drug-likeness (QED) is 0.886. The molecule has 0 fully saturated rings. The van der Waals surface area contributed by atoms with Gasteiger partial charge in [-0.2, -0.15) is 0 Å². The molecule has 2 rings (SSSR count). The average molecular weight is 260 g/mol. The monoisotopic (exact) mass is 260 g/mol. The second-order valence-electron chi connectivity index (χ2n) is 5.92. The summed E-state index contributed by atoms with van der Waals surface area (Å²) in [4.78, 5) is 19.3. The number of hydrogen-bond acceptors (Lipinski definition) is 3. The lowest BCUT2D eigenvalue weighted by Crippen LogP contribution is -2.24. The molecular weight excluding hydrogens is 240 g/mol. The summed E-state index contributed by atoms with van der Waals surface area (Å²) in [5, 5.41) is 10.1. The molecule has 0 amide bonds. The van der Waals surface area contributed by atoms with E-state index in [1.54, 1.807) is 13.0 Å². The Morgan fingerprint density at radius 3 is 2.74 bits per heavy atom. The van der Waals surface area contributed by atoms with Crippen LogP contribution in [0, 0.1) is 5.41 Å². The highest BCUT2D eigenvalue weighted by molar-refractivity contribution is 5.77. The van der Waals surface area contributed by atoms with E-state index < -0.39 is 0 Å². The molecule has 0 aliphatic heterocycles. The first kappa shape index (κ1) is 13.7. The number of hydrogen-bond donors (Lipinski definition) is 2. The molecule has 0 aliphatic carbocycles. The van der Waals surface area contributed by atoms with Gasteiger partial charge < -0.3 is 10.1 Å². The number of fused-ring (bicyclic) bond motifs is 1. The van der Waals surface area contributed by atoms with Crippen molar-refractivity contribution in [1.82, 2.24) is 9.97 Å². The van der Waals surface area contributed by atoms with E-state index in [0.717, 1.165) is 0 Å². The smallest absolute Gasteiger partial charge is 0.258 e. The van der Waals surface area contributed by atoms with Gasteiger partial charge in [0.1, 0.15) is 5.82 Å². The maximum Gasteiger partial charge on any atom is 0.258 e. The molecule has 0 saturated carbocycles. The highest BCUT2D eigenvalue weighted by Crippen LogP contribution is 2.26. The van der Waals surface area contributed by atoms with Crippen molar-refractivity contribution >= 4 is 10.9 Å². The highest BCUT2D eigenvalue weighted by atomic mass is 16.3. The molecular formula is C15H20N2O2. The van der Waals surface area contributed by atoms with Crippen LogP contribution in [0.25, 0.3) is 10.9 Å². The van der Waals surface area contributed by atoms with Crippen molar-refractivity contribution in [1.29, 1.82) is 0 Å². The molecule has 1 atom stereocenters. The average Bonchev–Trinajstić information content (AvgIpc) is 2.26. The number of H-pyrrole nitrogens is 1. The number of para-hydroxylation sites is 1. The number of aromatic nitrogens is 2. The van der Waals surface area contributed by atoms with Crippen LogP contribution in [0.15, 0.2) is 29.1 Å². The first-order chi connectivity index (χ1) is 8.87. The summed E-state index contributed by atoms with van der Waals surface area (Å²) in [7, 11) is 0. The molecule has 1 unspecified atom stereocenters. The molecule has 4 nitrogen and oxygen atoms in total. The van der Waals surface area contributed by atoms with Gasteiger partial charge in [-0.15, -0.1) is 0 Å². The lowest BCUT2D eigenvalue weighted by Gasteiger charge is -2.25. The summed E-state index contributed by atoms with van der Waals surface area (Å²) in [5.41, 5.74) is 0.509. The fraction of sp³-hybridized carbons (Fsp3) is 0.467. The Labute approximate surface area is 112 Å². The Kier molecular flexibility index (Phi) is 3.71. The number of aliphatic hydroxyl groups is 1. The summed E-state index contributed by atoms with van der Waals surface area (Å²) in [6.07, 6.45) is 0.948. The molecule has 0 aliphatic rings. The fourth-order valence-corrected chi connectivity index (χ4v) is 2.54. The number of aromatic amines is 1. The predicted molar refractivity (Wildman–Crippen MR) is 76.1 cm³/mol. The van der Waals surface area contributed by atoms with Gasteiger partial charge in [-0.25, -0.2) is 4.98 Å². The lowest BCUT2D eigenvalue weighted by molar-refractivity contribution is 0.128. The van der Waals surface area contributed by atoms with Crippen molar-refractivity contribution in [2.24, 2.45) is 5.41 Å². The van der Waals surface area contributed by atoms with Crippen LogP contribution in [0.3, 0.4) is 0 Å². The minimum atomic E-state index is -0.359. The standard InChI is InChI=1S/C15H20N2O2/c1-10(18)8-15(2,3)9-13-16-12-7-5-4-6-11(12)14(19)17-13/h4-7,10,18H,8-9H2,1-3H3,(H,16,17,19). The molecule has 102 valence electrons. The molecule has 4 heteroatoms. The first-order valence-corrected chi connectivity index (χ1v) is 6.53. The van der Waals surface area contributed by atoms with Crippen LogP contribution in [0.4, 0.5) is 0 Å². The number of aliphatic hydroxyl groups excluding tert-OH is 1. The molecule has 1 aromatic carbocycles. The Morgan fingerprint density at radius 2 is 2.05 bits per heavy atom. The molecule has 0 spiro atoms. The zero-order valence-electron chi connectivity index (χ0n) is 11.6. The third kappa shape index (κ3) is 3.41.